The van der Waals surface area contributed by atoms with Crippen LogP contribution in [0.3, 0.4) is 0 Å². The van der Waals surface area contributed by atoms with Gasteiger partial charge in [0.25, 0.3) is 0 Å². The average Bonchev–Trinajstić information content (AvgIpc) is 2.96. The van der Waals surface area contributed by atoms with Crippen LogP contribution in [0, 0.1) is 0 Å². The van der Waals surface area contributed by atoms with Crippen molar-refractivity contribution in [3.8, 4) is 11.5 Å². The van der Waals surface area contributed by atoms with E-state index in [1.165, 1.54) is 0 Å². The molecule has 0 saturated heterocycles. The van der Waals surface area contributed by atoms with E-state index in [9.17, 15) is 5.11 Å². The van der Waals surface area contributed by atoms with Crippen molar-refractivity contribution in [3.63, 3.8) is 0 Å². The number of fused-ring (bicyclic) bond motifs is 1. The zero-order chi connectivity index (χ0) is 14.8. The van der Waals surface area contributed by atoms with E-state index in [0.717, 1.165) is 22.3 Å². The van der Waals surface area contributed by atoms with Gasteiger partial charge < -0.3 is 0 Å². The number of hydrogen-bond acceptors (Lipinski definition) is 5. The molecule has 0 bridgehead atoms. The first kappa shape index (κ1) is 13.9. The van der Waals surface area contributed by atoms with Crippen molar-refractivity contribution in [2.75, 3.05) is 12.4 Å². The third-order valence-electron chi connectivity index (χ3n) is 3.36. The number of phenols is 1. The summed E-state index contributed by atoms with van der Waals surface area (Å²) in [5, 5.41) is 13.5. The van der Waals surface area contributed by atoms with E-state index in [4.69, 9.17) is 4.74 Å². The molecule has 1 heterocycles. The van der Waals surface area contributed by atoms with Gasteiger partial charge in [0, 0.05) is 0 Å². The van der Waals surface area contributed by atoms with Crippen LogP contribution in [-0.2, 0) is 0 Å². The van der Waals surface area contributed by atoms with Crippen LogP contribution in [0.15, 0.2) is 36.4 Å². The van der Waals surface area contributed by atoms with Crippen molar-refractivity contribution in [2.24, 2.45) is 0 Å². The van der Waals surface area contributed by atoms with Crippen molar-refractivity contribution >= 4 is 31.7 Å². The standard InChI is InChI=1S/C15H15N3O2Se/c1-9(11-7-6-10(20-2)8-14(11)19)16-12-4-3-5-13-15(12)18-21-17-13/h3-9,16,19H,1-2H3. The minimum atomic E-state index is -0.0503. The molecule has 0 radical (unpaired) electrons. The zero-order valence-electron chi connectivity index (χ0n) is 11.7. The van der Waals surface area contributed by atoms with Crippen molar-refractivity contribution in [1.29, 1.82) is 0 Å². The molecule has 0 amide bonds. The van der Waals surface area contributed by atoms with Crippen LogP contribution >= 0.6 is 0 Å². The first-order chi connectivity index (χ1) is 10.2. The van der Waals surface area contributed by atoms with E-state index in [1.807, 2.05) is 37.3 Å². The predicted molar refractivity (Wildman–Crippen MR) is 83.2 cm³/mol. The molecule has 0 aliphatic rings. The third kappa shape index (κ3) is 2.73. The van der Waals surface area contributed by atoms with E-state index in [-0.39, 0.29) is 26.8 Å². The SMILES string of the molecule is COc1ccc(C(C)Nc2cccc3n[se]nc23)c(O)c1. The Morgan fingerprint density at radius 3 is 2.86 bits per heavy atom. The molecule has 0 saturated carbocycles. The first-order valence-corrected chi connectivity index (χ1v) is 8.07. The van der Waals surface area contributed by atoms with E-state index < -0.39 is 0 Å². The molecule has 3 aromatic rings. The number of hydrogen-bond donors (Lipinski definition) is 2. The summed E-state index contributed by atoms with van der Waals surface area (Å²) in [4.78, 5) is 0. The molecule has 6 heteroatoms. The summed E-state index contributed by atoms with van der Waals surface area (Å²) in [7, 11) is 1.58. The van der Waals surface area contributed by atoms with E-state index >= 15 is 0 Å². The Kier molecular flexibility index (Phi) is 3.81. The number of rotatable bonds is 4. The number of anilines is 1. The number of benzene rings is 2. The van der Waals surface area contributed by atoms with Crippen LogP contribution in [0.5, 0.6) is 11.5 Å². The summed E-state index contributed by atoms with van der Waals surface area (Å²) >= 11 is -0.0500. The summed E-state index contributed by atoms with van der Waals surface area (Å²) in [6.07, 6.45) is 0. The zero-order valence-corrected chi connectivity index (χ0v) is 13.4. The number of nitrogens with one attached hydrogen (secondary N) is 1. The number of ether oxygens (including phenoxy) is 1. The maximum absolute atomic E-state index is 10.1. The molecule has 2 N–H and O–H groups in total. The number of nitrogens with zero attached hydrogens (tertiary/aromatic N) is 2. The number of aromatic nitrogens is 2. The summed E-state index contributed by atoms with van der Waals surface area (Å²) in [6, 6.07) is 11.2. The summed E-state index contributed by atoms with van der Waals surface area (Å²) in [5.74, 6) is 0.855. The van der Waals surface area contributed by atoms with Crippen LogP contribution < -0.4 is 10.1 Å². The topological polar surface area (TPSA) is 67.3 Å². The van der Waals surface area contributed by atoms with Crippen molar-refractivity contribution in [1.82, 2.24) is 7.96 Å². The van der Waals surface area contributed by atoms with Gasteiger partial charge in [0.2, 0.25) is 0 Å². The number of methoxy groups -OCH3 is 1. The molecule has 1 aromatic heterocycles. The van der Waals surface area contributed by atoms with E-state index in [2.05, 4.69) is 13.3 Å². The summed E-state index contributed by atoms with van der Waals surface area (Å²) in [5.41, 5.74) is 3.61. The van der Waals surface area contributed by atoms with Crippen molar-refractivity contribution < 1.29 is 9.84 Å². The Bertz CT molecular complexity index is 772. The Balaban J connectivity index is 1.89. The van der Waals surface area contributed by atoms with Crippen LogP contribution in [0.1, 0.15) is 18.5 Å². The molecular formula is C15H15N3O2Se. The van der Waals surface area contributed by atoms with Gasteiger partial charge in [-0.05, 0) is 0 Å². The Hall–Kier alpha value is -2.04. The first-order valence-electron chi connectivity index (χ1n) is 6.54. The Morgan fingerprint density at radius 1 is 1.24 bits per heavy atom. The second-order valence-electron chi connectivity index (χ2n) is 4.73. The van der Waals surface area contributed by atoms with Gasteiger partial charge in [-0.1, -0.05) is 0 Å². The van der Waals surface area contributed by atoms with Gasteiger partial charge in [-0.15, -0.1) is 0 Å². The van der Waals surface area contributed by atoms with Gasteiger partial charge in [-0.2, -0.15) is 0 Å². The minimum absolute atomic E-state index is 0.0500. The Morgan fingerprint density at radius 2 is 2.10 bits per heavy atom. The second kappa shape index (κ2) is 5.76. The molecule has 1 atom stereocenters. The number of aromatic hydroxyl groups is 1. The molecular weight excluding hydrogens is 333 g/mol. The van der Waals surface area contributed by atoms with Gasteiger partial charge in [0.15, 0.2) is 0 Å². The fourth-order valence-corrected chi connectivity index (χ4v) is 3.40. The quantitative estimate of drug-likeness (QED) is 0.710. The maximum atomic E-state index is 10.1. The average molecular weight is 348 g/mol. The van der Waals surface area contributed by atoms with Crippen LogP contribution in [0.25, 0.3) is 11.0 Å². The molecule has 2 aromatic carbocycles. The summed E-state index contributed by atoms with van der Waals surface area (Å²) in [6.45, 7) is 2.00. The Labute approximate surface area is 128 Å². The third-order valence-corrected chi connectivity index (χ3v) is 4.50. The molecule has 1 unspecified atom stereocenters. The molecule has 108 valence electrons. The molecule has 21 heavy (non-hydrogen) atoms. The fraction of sp³-hybridized carbons (Fsp3) is 0.200. The second-order valence-corrected chi connectivity index (χ2v) is 5.84. The predicted octanol–water partition coefficient (Wildman–Crippen LogP) is 2.57. The molecule has 3 rings (SSSR count). The normalized spacial score (nSPS) is 12.3. The van der Waals surface area contributed by atoms with Crippen LogP contribution in [0.2, 0.25) is 0 Å². The molecule has 0 spiro atoms. The van der Waals surface area contributed by atoms with E-state index in [1.54, 1.807) is 13.2 Å². The molecule has 0 fully saturated rings. The fourth-order valence-electron chi connectivity index (χ4n) is 2.25. The van der Waals surface area contributed by atoms with Crippen LogP contribution in [0.4, 0.5) is 5.69 Å². The monoisotopic (exact) mass is 349 g/mol. The van der Waals surface area contributed by atoms with E-state index in [0.29, 0.717) is 5.75 Å². The van der Waals surface area contributed by atoms with Crippen molar-refractivity contribution in [2.45, 2.75) is 13.0 Å². The van der Waals surface area contributed by atoms with Gasteiger partial charge in [0.1, 0.15) is 0 Å². The molecule has 0 aliphatic carbocycles. The van der Waals surface area contributed by atoms with Gasteiger partial charge in [-0.3, -0.25) is 0 Å². The van der Waals surface area contributed by atoms with Gasteiger partial charge in [-0.25, -0.2) is 0 Å². The van der Waals surface area contributed by atoms with Crippen molar-refractivity contribution in [3.05, 3.63) is 42.0 Å². The number of phenolic OH excluding ortho intramolecular Hbond substituents is 1. The van der Waals surface area contributed by atoms with Crippen LogP contribution in [-0.4, -0.2) is 35.1 Å². The van der Waals surface area contributed by atoms with Gasteiger partial charge in [0.05, 0.1) is 0 Å². The molecule has 0 aliphatic heterocycles. The summed E-state index contributed by atoms with van der Waals surface area (Å²) < 4.78 is 13.9. The van der Waals surface area contributed by atoms with Gasteiger partial charge >= 0.3 is 128 Å². The molecule has 5 nitrogen and oxygen atoms in total.